The Bertz CT molecular complexity index is 792. The van der Waals surface area contributed by atoms with E-state index in [1.807, 2.05) is 24.3 Å². The normalized spacial score (nSPS) is 16.0. The van der Waals surface area contributed by atoms with E-state index in [4.69, 9.17) is 9.72 Å². The zero-order valence-electron chi connectivity index (χ0n) is 12.7. The van der Waals surface area contributed by atoms with Gasteiger partial charge < -0.3 is 9.84 Å². The van der Waals surface area contributed by atoms with Crippen molar-refractivity contribution in [2.75, 3.05) is 26.3 Å². The molecule has 0 aliphatic carbocycles. The third-order valence-corrected chi connectivity index (χ3v) is 5.20. The standard InChI is InChI=1S/C18H18N2O2S/c21-16-6-5-13(11-14(16)12-20-7-9-22-10-8-20)18-19-15-3-1-2-4-17(15)23-18/h1-6,11,21H,7-10,12H2. The van der Waals surface area contributed by atoms with Crippen molar-refractivity contribution >= 4 is 21.6 Å². The molecule has 0 spiro atoms. The Morgan fingerprint density at radius 2 is 1.96 bits per heavy atom. The van der Waals surface area contributed by atoms with E-state index in [-0.39, 0.29) is 0 Å². The summed E-state index contributed by atoms with van der Waals surface area (Å²) in [5, 5.41) is 11.2. The summed E-state index contributed by atoms with van der Waals surface area (Å²) < 4.78 is 6.57. The van der Waals surface area contributed by atoms with E-state index in [9.17, 15) is 5.11 Å². The number of phenols is 1. The highest BCUT2D eigenvalue weighted by molar-refractivity contribution is 7.21. The number of ether oxygens (including phenoxy) is 1. The molecule has 4 rings (SSSR count). The van der Waals surface area contributed by atoms with Crippen LogP contribution >= 0.6 is 11.3 Å². The molecule has 1 N–H and O–H groups in total. The first-order valence-electron chi connectivity index (χ1n) is 7.77. The van der Waals surface area contributed by atoms with Gasteiger partial charge in [0.05, 0.1) is 23.4 Å². The predicted molar refractivity (Wildman–Crippen MR) is 92.8 cm³/mol. The van der Waals surface area contributed by atoms with Gasteiger partial charge >= 0.3 is 0 Å². The second kappa shape index (κ2) is 6.28. The van der Waals surface area contributed by atoms with Gasteiger partial charge in [-0.3, -0.25) is 4.90 Å². The van der Waals surface area contributed by atoms with Gasteiger partial charge in [-0.2, -0.15) is 0 Å². The first-order valence-corrected chi connectivity index (χ1v) is 8.59. The number of aromatic nitrogens is 1. The highest BCUT2D eigenvalue weighted by Gasteiger charge is 2.14. The van der Waals surface area contributed by atoms with Gasteiger partial charge in [-0.1, -0.05) is 12.1 Å². The molecule has 0 unspecified atom stereocenters. The number of phenolic OH excluding ortho intramolecular Hbond substituents is 1. The molecule has 118 valence electrons. The third-order valence-electron chi connectivity index (χ3n) is 4.12. The maximum Gasteiger partial charge on any atom is 0.124 e. The van der Waals surface area contributed by atoms with Gasteiger partial charge in [0.1, 0.15) is 10.8 Å². The number of para-hydroxylation sites is 1. The number of hydrogen-bond donors (Lipinski definition) is 1. The summed E-state index contributed by atoms with van der Waals surface area (Å²) in [4.78, 5) is 7.01. The molecule has 3 aromatic rings. The molecule has 2 aromatic carbocycles. The average molecular weight is 326 g/mol. The molecule has 5 heteroatoms. The van der Waals surface area contributed by atoms with Crippen molar-refractivity contribution in [3.63, 3.8) is 0 Å². The fourth-order valence-electron chi connectivity index (χ4n) is 2.84. The molecular formula is C18H18N2O2S. The number of aromatic hydroxyl groups is 1. The van der Waals surface area contributed by atoms with E-state index in [2.05, 4.69) is 17.0 Å². The van der Waals surface area contributed by atoms with Crippen LogP contribution in [0, 0.1) is 0 Å². The van der Waals surface area contributed by atoms with Gasteiger partial charge in [0.2, 0.25) is 0 Å². The lowest BCUT2D eigenvalue weighted by Gasteiger charge is -2.26. The Labute approximate surface area is 139 Å². The first kappa shape index (κ1) is 14.6. The average Bonchev–Trinajstić information content (AvgIpc) is 3.02. The molecule has 0 saturated carbocycles. The van der Waals surface area contributed by atoms with Crippen molar-refractivity contribution in [2.24, 2.45) is 0 Å². The van der Waals surface area contributed by atoms with Crippen LogP contribution in [0.25, 0.3) is 20.8 Å². The monoisotopic (exact) mass is 326 g/mol. The Kier molecular flexibility index (Phi) is 3.99. The molecular weight excluding hydrogens is 308 g/mol. The number of nitrogens with zero attached hydrogens (tertiary/aromatic N) is 2. The van der Waals surface area contributed by atoms with Gasteiger partial charge in [0.15, 0.2) is 0 Å². The second-order valence-electron chi connectivity index (χ2n) is 5.72. The number of hydrogen-bond acceptors (Lipinski definition) is 5. The topological polar surface area (TPSA) is 45.6 Å². The molecule has 0 amide bonds. The van der Waals surface area contributed by atoms with E-state index >= 15 is 0 Å². The van der Waals surface area contributed by atoms with E-state index < -0.39 is 0 Å². The Hall–Kier alpha value is -1.95. The summed E-state index contributed by atoms with van der Waals surface area (Å²) >= 11 is 1.68. The summed E-state index contributed by atoms with van der Waals surface area (Å²) in [6.45, 7) is 4.08. The van der Waals surface area contributed by atoms with E-state index in [0.29, 0.717) is 5.75 Å². The molecule has 1 fully saturated rings. The number of fused-ring (bicyclic) bond motifs is 1. The molecule has 1 aliphatic rings. The Morgan fingerprint density at radius 3 is 2.78 bits per heavy atom. The van der Waals surface area contributed by atoms with E-state index in [1.54, 1.807) is 17.4 Å². The van der Waals surface area contributed by atoms with Crippen molar-refractivity contribution in [2.45, 2.75) is 6.54 Å². The molecule has 1 saturated heterocycles. The van der Waals surface area contributed by atoms with E-state index in [0.717, 1.165) is 54.5 Å². The highest BCUT2D eigenvalue weighted by atomic mass is 32.1. The maximum absolute atomic E-state index is 10.2. The second-order valence-corrected chi connectivity index (χ2v) is 6.75. The highest BCUT2D eigenvalue weighted by Crippen LogP contribution is 2.32. The summed E-state index contributed by atoms with van der Waals surface area (Å²) in [5.74, 6) is 0.348. The minimum atomic E-state index is 0.348. The number of rotatable bonds is 3. The van der Waals surface area contributed by atoms with Crippen LogP contribution in [0.1, 0.15) is 5.56 Å². The van der Waals surface area contributed by atoms with Gasteiger partial charge in [0, 0.05) is 30.8 Å². The number of morpholine rings is 1. The zero-order valence-corrected chi connectivity index (χ0v) is 13.6. The largest absolute Gasteiger partial charge is 0.508 e. The summed E-state index contributed by atoms with van der Waals surface area (Å²) in [6, 6.07) is 13.9. The molecule has 0 bridgehead atoms. The van der Waals surface area contributed by atoms with Crippen LogP contribution in [-0.4, -0.2) is 41.3 Å². The quantitative estimate of drug-likeness (QED) is 0.800. The van der Waals surface area contributed by atoms with Crippen LogP contribution in [0.5, 0.6) is 5.75 Å². The zero-order chi connectivity index (χ0) is 15.6. The molecule has 4 nitrogen and oxygen atoms in total. The Balaban J connectivity index is 1.65. The SMILES string of the molecule is Oc1ccc(-c2nc3ccccc3s2)cc1CN1CCOCC1. The molecule has 1 aliphatic heterocycles. The minimum absolute atomic E-state index is 0.348. The van der Waals surface area contributed by atoms with Gasteiger partial charge in [-0.15, -0.1) is 11.3 Å². The van der Waals surface area contributed by atoms with Crippen molar-refractivity contribution in [3.8, 4) is 16.3 Å². The van der Waals surface area contributed by atoms with Crippen LogP contribution in [0.4, 0.5) is 0 Å². The van der Waals surface area contributed by atoms with Gasteiger partial charge in [-0.25, -0.2) is 4.98 Å². The fraction of sp³-hybridized carbons (Fsp3) is 0.278. The number of thiazole rings is 1. The summed E-state index contributed by atoms with van der Waals surface area (Å²) in [5.41, 5.74) is 3.03. The summed E-state index contributed by atoms with van der Waals surface area (Å²) in [7, 11) is 0. The van der Waals surface area contributed by atoms with Crippen LogP contribution in [-0.2, 0) is 11.3 Å². The van der Waals surface area contributed by atoms with Crippen LogP contribution in [0.15, 0.2) is 42.5 Å². The lowest BCUT2D eigenvalue weighted by atomic mass is 10.1. The van der Waals surface area contributed by atoms with Crippen molar-refractivity contribution < 1.29 is 9.84 Å². The molecule has 0 atom stereocenters. The number of benzene rings is 2. The van der Waals surface area contributed by atoms with E-state index in [1.165, 1.54) is 4.70 Å². The van der Waals surface area contributed by atoms with Gasteiger partial charge in [-0.05, 0) is 30.3 Å². The van der Waals surface area contributed by atoms with Crippen LogP contribution in [0.2, 0.25) is 0 Å². The predicted octanol–water partition coefficient (Wildman–Crippen LogP) is 3.50. The molecule has 23 heavy (non-hydrogen) atoms. The Morgan fingerprint density at radius 1 is 1.13 bits per heavy atom. The summed E-state index contributed by atoms with van der Waals surface area (Å²) in [6.07, 6.45) is 0. The van der Waals surface area contributed by atoms with Crippen molar-refractivity contribution in [3.05, 3.63) is 48.0 Å². The molecule has 2 heterocycles. The fourth-order valence-corrected chi connectivity index (χ4v) is 3.80. The van der Waals surface area contributed by atoms with Crippen molar-refractivity contribution in [1.82, 2.24) is 9.88 Å². The van der Waals surface area contributed by atoms with Crippen LogP contribution in [0.3, 0.4) is 0 Å². The van der Waals surface area contributed by atoms with Gasteiger partial charge in [0.25, 0.3) is 0 Å². The maximum atomic E-state index is 10.2. The lowest BCUT2D eigenvalue weighted by molar-refractivity contribution is 0.0339. The lowest BCUT2D eigenvalue weighted by Crippen LogP contribution is -2.35. The van der Waals surface area contributed by atoms with Crippen LogP contribution < -0.4 is 0 Å². The smallest absolute Gasteiger partial charge is 0.124 e. The third kappa shape index (κ3) is 3.08. The molecule has 0 radical (unpaired) electrons. The minimum Gasteiger partial charge on any atom is -0.508 e. The van der Waals surface area contributed by atoms with Crippen molar-refractivity contribution in [1.29, 1.82) is 0 Å². The molecule has 1 aromatic heterocycles. The first-order chi connectivity index (χ1) is 11.3.